The van der Waals surface area contributed by atoms with Crippen molar-refractivity contribution in [1.82, 2.24) is 4.90 Å². The molecule has 2 aromatic rings. The Morgan fingerprint density at radius 2 is 1.94 bits per heavy atom. The molecule has 166 valence electrons. The summed E-state index contributed by atoms with van der Waals surface area (Å²) in [5.74, 6) is 0.188. The molecule has 6 heteroatoms. The van der Waals surface area contributed by atoms with Gasteiger partial charge in [-0.1, -0.05) is 45.0 Å². The van der Waals surface area contributed by atoms with E-state index in [0.717, 1.165) is 30.5 Å². The summed E-state index contributed by atoms with van der Waals surface area (Å²) in [6, 6.07) is 15.3. The van der Waals surface area contributed by atoms with Crippen LogP contribution in [0.1, 0.15) is 51.7 Å². The topological polar surface area (TPSA) is 84.7 Å². The summed E-state index contributed by atoms with van der Waals surface area (Å²) in [6.45, 7) is 9.64. The van der Waals surface area contributed by atoms with Gasteiger partial charge in [-0.25, -0.2) is 0 Å². The molecule has 0 aromatic heterocycles. The van der Waals surface area contributed by atoms with Crippen LogP contribution in [0.25, 0.3) is 0 Å². The molecule has 0 bridgehead atoms. The van der Waals surface area contributed by atoms with Crippen molar-refractivity contribution in [2.24, 2.45) is 5.73 Å². The number of amides is 2. The minimum atomic E-state index is -0.642. The average molecular weight is 424 g/mol. The molecule has 0 aliphatic carbocycles. The Morgan fingerprint density at radius 1 is 1.19 bits per heavy atom. The quantitative estimate of drug-likeness (QED) is 0.709. The van der Waals surface area contributed by atoms with Gasteiger partial charge in [-0.3, -0.25) is 14.5 Å². The summed E-state index contributed by atoms with van der Waals surface area (Å²) in [7, 11) is 0. The minimum Gasteiger partial charge on any atom is -0.481 e. The highest BCUT2D eigenvalue weighted by Crippen LogP contribution is 2.26. The lowest BCUT2D eigenvalue weighted by Crippen LogP contribution is -2.39. The van der Waals surface area contributed by atoms with Crippen molar-refractivity contribution in [3.05, 3.63) is 59.7 Å². The molecule has 1 saturated heterocycles. The highest BCUT2D eigenvalue weighted by molar-refractivity contribution is 5.94. The Hall–Kier alpha value is -2.86. The third-order valence-corrected chi connectivity index (χ3v) is 5.65. The van der Waals surface area contributed by atoms with Crippen LogP contribution in [-0.4, -0.2) is 35.4 Å². The van der Waals surface area contributed by atoms with E-state index in [1.165, 1.54) is 0 Å². The predicted molar refractivity (Wildman–Crippen MR) is 123 cm³/mol. The first-order valence-corrected chi connectivity index (χ1v) is 10.8. The van der Waals surface area contributed by atoms with Crippen LogP contribution in [0.3, 0.4) is 0 Å². The van der Waals surface area contributed by atoms with Crippen LogP contribution in [-0.2, 0) is 21.5 Å². The lowest BCUT2D eigenvalue weighted by Gasteiger charge is -2.22. The molecule has 2 atom stereocenters. The zero-order chi connectivity index (χ0) is 22.6. The van der Waals surface area contributed by atoms with Gasteiger partial charge in [-0.2, -0.15) is 0 Å². The van der Waals surface area contributed by atoms with E-state index >= 15 is 0 Å². The van der Waals surface area contributed by atoms with E-state index in [4.69, 9.17) is 10.5 Å². The largest absolute Gasteiger partial charge is 0.481 e. The second-order valence-electron chi connectivity index (χ2n) is 9.26. The van der Waals surface area contributed by atoms with Gasteiger partial charge in [0.1, 0.15) is 5.75 Å². The molecule has 0 spiro atoms. The van der Waals surface area contributed by atoms with Crippen LogP contribution in [0, 0.1) is 0 Å². The lowest BCUT2D eigenvalue weighted by molar-refractivity contribution is -0.122. The van der Waals surface area contributed by atoms with Gasteiger partial charge >= 0.3 is 0 Å². The van der Waals surface area contributed by atoms with E-state index in [9.17, 15) is 9.59 Å². The number of nitrogens with one attached hydrogen (secondary N) is 1. The van der Waals surface area contributed by atoms with Crippen LogP contribution in [0.2, 0.25) is 0 Å². The predicted octanol–water partition coefficient (Wildman–Crippen LogP) is 3.84. The Labute approximate surface area is 184 Å². The van der Waals surface area contributed by atoms with E-state index in [2.05, 4.69) is 37.1 Å². The average Bonchev–Trinajstić information content (AvgIpc) is 3.16. The van der Waals surface area contributed by atoms with E-state index in [1.54, 1.807) is 6.92 Å². The first-order chi connectivity index (χ1) is 14.6. The second-order valence-corrected chi connectivity index (χ2v) is 9.26. The van der Waals surface area contributed by atoms with Gasteiger partial charge in [0.25, 0.3) is 5.91 Å². The number of anilines is 1. The van der Waals surface area contributed by atoms with E-state index < -0.39 is 6.10 Å². The van der Waals surface area contributed by atoms with Crippen LogP contribution in [0.15, 0.2) is 48.5 Å². The van der Waals surface area contributed by atoms with Crippen LogP contribution < -0.4 is 15.8 Å². The molecule has 1 aliphatic rings. The molecule has 3 N–H and O–H groups in total. The molecule has 0 saturated carbocycles. The number of nitrogens with zero attached hydrogens (tertiary/aromatic N) is 1. The van der Waals surface area contributed by atoms with E-state index in [0.29, 0.717) is 18.0 Å². The van der Waals surface area contributed by atoms with Crippen molar-refractivity contribution in [2.45, 2.75) is 64.6 Å². The molecule has 1 fully saturated rings. The van der Waals surface area contributed by atoms with Crippen LogP contribution >= 0.6 is 0 Å². The van der Waals surface area contributed by atoms with Crippen molar-refractivity contribution < 1.29 is 14.3 Å². The molecular formula is C25H33N3O3. The van der Waals surface area contributed by atoms with E-state index in [1.807, 2.05) is 42.5 Å². The maximum Gasteiger partial charge on any atom is 0.265 e. The summed E-state index contributed by atoms with van der Waals surface area (Å²) in [4.78, 5) is 26.4. The number of hydrogen-bond donors (Lipinski definition) is 2. The molecule has 2 amide bonds. The third kappa shape index (κ3) is 6.07. The monoisotopic (exact) mass is 423 g/mol. The van der Waals surface area contributed by atoms with Crippen molar-refractivity contribution in [2.75, 3.05) is 11.9 Å². The second kappa shape index (κ2) is 9.52. The molecule has 0 radical (unpaired) electrons. The maximum atomic E-state index is 12.7. The van der Waals surface area contributed by atoms with Gasteiger partial charge in [0.2, 0.25) is 5.91 Å². The molecule has 1 aliphatic heterocycles. The number of ether oxygens (including phenoxy) is 1. The van der Waals surface area contributed by atoms with Gasteiger partial charge in [0.15, 0.2) is 6.10 Å². The Kier molecular flexibility index (Phi) is 7.01. The zero-order valence-corrected chi connectivity index (χ0v) is 18.9. The SMILES string of the molecule is CC(Oc1cccc(C(C)(C)C)c1)C(=O)Nc1cccc(CN2CCCC2C(N)=O)c1. The van der Waals surface area contributed by atoms with Crippen molar-refractivity contribution >= 4 is 17.5 Å². The van der Waals surface area contributed by atoms with Crippen molar-refractivity contribution in [1.29, 1.82) is 0 Å². The van der Waals surface area contributed by atoms with Gasteiger partial charge < -0.3 is 15.8 Å². The lowest BCUT2D eigenvalue weighted by atomic mass is 9.87. The number of primary amides is 1. The summed E-state index contributed by atoms with van der Waals surface area (Å²) in [6.07, 6.45) is 1.13. The number of carbonyl (C=O) groups is 2. The minimum absolute atomic E-state index is 0.00810. The first-order valence-electron chi connectivity index (χ1n) is 10.8. The standard InChI is InChI=1S/C25H33N3O3/c1-17(31-21-11-6-9-19(15-21)25(2,3)4)24(30)27-20-10-5-8-18(14-20)16-28-13-7-12-22(28)23(26)29/h5-6,8-11,14-15,17,22H,7,12-13,16H2,1-4H3,(H2,26,29)(H,27,30). The fourth-order valence-corrected chi connectivity index (χ4v) is 3.86. The molecule has 6 nitrogen and oxygen atoms in total. The Morgan fingerprint density at radius 3 is 2.65 bits per heavy atom. The summed E-state index contributed by atoms with van der Waals surface area (Å²) >= 11 is 0. The molecular weight excluding hydrogens is 390 g/mol. The number of benzene rings is 2. The number of likely N-dealkylation sites (tertiary alicyclic amines) is 1. The third-order valence-electron chi connectivity index (χ3n) is 5.65. The fraction of sp³-hybridized carbons (Fsp3) is 0.440. The molecule has 3 rings (SSSR count). The molecule has 31 heavy (non-hydrogen) atoms. The summed E-state index contributed by atoms with van der Waals surface area (Å²) in [5.41, 5.74) is 8.41. The van der Waals surface area contributed by atoms with Crippen molar-refractivity contribution in [3.8, 4) is 5.75 Å². The fourth-order valence-electron chi connectivity index (χ4n) is 3.86. The van der Waals surface area contributed by atoms with Crippen LogP contribution in [0.5, 0.6) is 5.75 Å². The number of nitrogens with two attached hydrogens (primary N) is 1. The number of rotatable bonds is 7. The normalized spacial score (nSPS) is 17.9. The van der Waals surface area contributed by atoms with E-state index in [-0.39, 0.29) is 23.3 Å². The van der Waals surface area contributed by atoms with Gasteiger partial charge in [-0.15, -0.1) is 0 Å². The Balaban J connectivity index is 1.61. The highest BCUT2D eigenvalue weighted by atomic mass is 16.5. The van der Waals surface area contributed by atoms with Gasteiger partial charge in [-0.05, 0) is 67.1 Å². The van der Waals surface area contributed by atoms with Gasteiger partial charge in [0, 0.05) is 12.2 Å². The van der Waals surface area contributed by atoms with Crippen LogP contribution in [0.4, 0.5) is 5.69 Å². The van der Waals surface area contributed by atoms with Gasteiger partial charge in [0.05, 0.1) is 6.04 Å². The zero-order valence-electron chi connectivity index (χ0n) is 18.9. The number of carbonyl (C=O) groups excluding carboxylic acids is 2. The molecule has 2 unspecified atom stereocenters. The Bertz CT molecular complexity index is 936. The molecule has 1 heterocycles. The summed E-state index contributed by atoms with van der Waals surface area (Å²) < 4.78 is 5.89. The smallest absolute Gasteiger partial charge is 0.265 e. The first kappa shape index (κ1) is 22.8. The molecule has 2 aromatic carbocycles. The highest BCUT2D eigenvalue weighted by Gasteiger charge is 2.28. The number of hydrogen-bond acceptors (Lipinski definition) is 4. The summed E-state index contributed by atoms with van der Waals surface area (Å²) in [5, 5.41) is 2.93. The van der Waals surface area contributed by atoms with Crippen molar-refractivity contribution in [3.63, 3.8) is 0 Å². The maximum absolute atomic E-state index is 12.7.